The molecular formula is C20H17FO4S. The van der Waals surface area contributed by atoms with Gasteiger partial charge in [0.25, 0.3) is 0 Å². The zero-order valence-electron chi connectivity index (χ0n) is 14.0. The van der Waals surface area contributed by atoms with E-state index in [1.54, 1.807) is 48.7 Å². The minimum atomic E-state index is -1.13. The molecule has 2 atom stereocenters. The number of benzene rings is 3. The lowest BCUT2D eigenvalue weighted by atomic mass is 9.93. The summed E-state index contributed by atoms with van der Waals surface area (Å²) in [5.74, 6) is -1.42. The van der Waals surface area contributed by atoms with E-state index in [-0.39, 0.29) is 6.42 Å². The van der Waals surface area contributed by atoms with Crippen LogP contribution in [0, 0.1) is 5.82 Å². The van der Waals surface area contributed by atoms with E-state index in [0.717, 1.165) is 0 Å². The molecule has 3 aromatic carbocycles. The highest BCUT2D eigenvalue weighted by Crippen LogP contribution is 2.31. The molecule has 0 aromatic heterocycles. The highest BCUT2D eigenvalue weighted by molar-refractivity contribution is 7.84. The summed E-state index contributed by atoms with van der Waals surface area (Å²) in [6.45, 7) is 0. The van der Waals surface area contributed by atoms with E-state index >= 15 is 0 Å². The lowest BCUT2D eigenvalue weighted by Crippen LogP contribution is -2.05. The molecule has 0 aliphatic heterocycles. The monoisotopic (exact) mass is 372 g/mol. The second-order valence-electron chi connectivity index (χ2n) is 6.05. The molecule has 3 aromatic rings. The molecule has 0 amide bonds. The average Bonchev–Trinajstić information content (AvgIpc) is 2.60. The molecule has 0 saturated heterocycles. The summed E-state index contributed by atoms with van der Waals surface area (Å²) < 4.78 is 25.2. The van der Waals surface area contributed by atoms with Gasteiger partial charge < -0.3 is 10.2 Å². The molecule has 0 radical (unpaired) electrons. The number of fused-ring (bicyclic) bond motifs is 1. The summed E-state index contributed by atoms with van der Waals surface area (Å²) in [5.41, 5.74) is 1.51. The minimum Gasteiger partial charge on any atom is -0.481 e. The van der Waals surface area contributed by atoms with Crippen LogP contribution in [0.25, 0.3) is 10.8 Å². The number of aliphatic hydroxyl groups is 1. The SMILES string of the molecule is CS(=O)c1ccc(C(O)c2cc(CC(=O)O)cc3ccc(F)cc23)cc1. The van der Waals surface area contributed by atoms with Crippen molar-refractivity contribution in [1.29, 1.82) is 0 Å². The highest BCUT2D eigenvalue weighted by atomic mass is 32.2. The van der Waals surface area contributed by atoms with Crippen LogP contribution in [-0.4, -0.2) is 26.6 Å². The van der Waals surface area contributed by atoms with Crippen molar-refractivity contribution in [3.63, 3.8) is 0 Å². The van der Waals surface area contributed by atoms with Gasteiger partial charge in [0, 0.05) is 22.0 Å². The first-order valence-electron chi connectivity index (χ1n) is 7.90. The van der Waals surface area contributed by atoms with Crippen LogP contribution in [0.5, 0.6) is 0 Å². The number of rotatable bonds is 5. The van der Waals surface area contributed by atoms with Gasteiger partial charge in [0.1, 0.15) is 11.9 Å². The fraction of sp³-hybridized carbons (Fsp3) is 0.150. The topological polar surface area (TPSA) is 74.6 Å². The Balaban J connectivity index is 2.12. The predicted octanol–water partition coefficient (Wildman–Crippen LogP) is 3.43. The fourth-order valence-corrected chi connectivity index (χ4v) is 3.47. The molecule has 26 heavy (non-hydrogen) atoms. The number of aliphatic hydroxyl groups excluding tert-OH is 1. The van der Waals surface area contributed by atoms with Crippen molar-refractivity contribution < 1.29 is 23.6 Å². The van der Waals surface area contributed by atoms with Crippen LogP contribution >= 0.6 is 0 Å². The summed E-state index contributed by atoms with van der Waals surface area (Å²) in [5, 5.41) is 21.1. The van der Waals surface area contributed by atoms with Crippen LogP contribution in [0.4, 0.5) is 4.39 Å². The van der Waals surface area contributed by atoms with Gasteiger partial charge in [-0.2, -0.15) is 0 Å². The zero-order chi connectivity index (χ0) is 18.8. The largest absolute Gasteiger partial charge is 0.481 e. The van der Waals surface area contributed by atoms with Crippen molar-refractivity contribution >= 4 is 27.5 Å². The zero-order valence-corrected chi connectivity index (χ0v) is 14.8. The maximum absolute atomic E-state index is 13.7. The van der Waals surface area contributed by atoms with Crippen LogP contribution in [0.1, 0.15) is 22.8 Å². The van der Waals surface area contributed by atoms with Gasteiger partial charge >= 0.3 is 5.97 Å². The molecule has 0 heterocycles. The summed E-state index contributed by atoms with van der Waals surface area (Å²) in [7, 11) is -1.13. The molecular weight excluding hydrogens is 355 g/mol. The van der Waals surface area contributed by atoms with Gasteiger partial charge in [-0.15, -0.1) is 0 Å². The van der Waals surface area contributed by atoms with Gasteiger partial charge in [-0.1, -0.05) is 30.3 Å². The maximum atomic E-state index is 13.7. The number of halogens is 1. The van der Waals surface area contributed by atoms with Crippen LogP contribution < -0.4 is 0 Å². The van der Waals surface area contributed by atoms with Gasteiger partial charge in [-0.25, -0.2) is 4.39 Å². The van der Waals surface area contributed by atoms with E-state index < -0.39 is 28.7 Å². The Morgan fingerprint density at radius 3 is 2.42 bits per heavy atom. The van der Waals surface area contributed by atoms with Crippen LogP contribution in [-0.2, 0) is 22.0 Å². The molecule has 134 valence electrons. The Kier molecular flexibility index (Phi) is 5.15. The summed E-state index contributed by atoms with van der Waals surface area (Å²) in [4.78, 5) is 11.7. The van der Waals surface area contributed by atoms with E-state index in [9.17, 15) is 18.5 Å². The van der Waals surface area contributed by atoms with E-state index in [1.807, 2.05) is 0 Å². The molecule has 0 spiro atoms. The molecule has 0 aliphatic carbocycles. The molecule has 0 aliphatic rings. The van der Waals surface area contributed by atoms with Crippen LogP contribution in [0.3, 0.4) is 0 Å². The van der Waals surface area contributed by atoms with Crippen molar-refractivity contribution in [2.75, 3.05) is 6.26 Å². The quantitative estimate of drug-likeness (QED) is 0.720. The summed E-state index contributed by atoms with van der Waals surface area (Å²) >= 11 is 0. The highest BCUT2D eigenvalue weighted by Gasteiger charge is 2.17. The maximum Gasteiger partial charge on any atom is 0.307 e. The minimum absolute atomic E-state index is 0.194. The first-order valence-corrected chi connectivity index (χ1v) is 9.46. The summed E-state index contributed by atoms with van der Waals surface area (Å²) in [6, 6.07) is 14.1. The van der Waals surface area contributed by atoms with Crippen molar-refractivity contribution in [3.8, 4) is 0 Å². The van der Waals surface area contributed by atoms with Gasteiger partial charge in [0.05, 0.1) is 6.42 Å². The number of aliphatic carboxylic acids is 1. The van der Waals surface area contributed by atoms with Crippen molar-refractivity contribution in [2.45, 2.75) is 17.4 Å². The molecule has 0 bridgehead atoms. The second kappa shape index (κ2) is 7.35. The summed E-state index contributed by atoms with van der Waals surface area (Å²) in [6.07, 6.45) is 0.310. The van der Waals surface area contributed by atoms with Gasteiger partial charge in [0.2, 0.25) is 0 Å². The van der Waals surface area contributed by atoms with Crippen LogP contribution in [0.2, 0.25) is 0 Å². The third kappa shape index (κ3) is 3.81. The third-order valence-corrected chi connectivity index (χ3v) is 5.12. The van der Waals surface area contributed by atoms with Crippen LogP contribution in [0.15, 0.2) is 59.5 Å². The fourth-order valence-electron chi connectivity index (χ4n) is 2.95. The van der Waals surface area contributed by atoms with Crippen molar-refractivity contribution in [2.24, 2.45) is 0 Å². The Hall–Kier alpha value is -2.57. The number of hydrogen-bond donors (Lipinski definition) is 2. The first kappa shape index (κ1) is 18.2. The van der Waals surface area contributed by atoms with E-state index in [0.29, 0.717) is 32.4 Å². The smallest absolute Gasteiger partial charge is 0.307 e. The van der Waals surface area contributed by atoms with Crippen molar-refractivity contribution in [3.05, 3.63) is 77.1 Å². The number of carboxylic acids is 1. The standard InChI is InChI=1S/C20H17FO4S/c1-26(25)16-6-3-13(4-7-16)20(24)18-9-12(10-19(22)23)8-14-2-5-15(21)11-17(14)18/h2-9,11,20,24H,10H2,1H3,(H,22,23). The molecule has 2 N–H and O–H groups in total. The molecule has 4 nitrogen and oxygen atoms in total. The second-order valence-corrected chi connectivity index (χ2v) is 7.43. The first-order chi connectivity index (χ1) is 12.3. The Morgan fingerprint density at radius 1 is 1.12 bits per heavy atom. The molecule has 0 saturated carbocycles. The van der Waals surface area contributed by atoms with Crippen molar-refractivity contribution in [1.82, 2.24) is 0 Å². The van der Waals surface area contributed by atoms with Gasteiger partial charge in [-0.3, -0.25) is 9.00 Å². The lowest BCUT2D eigenvalue weighted by molar-refractivity contribution is -0.136. The molecule has 2 unspecified atom stereocenters. The molecule has 6 heteroatoms. The Bertz CT molecular complexity index is 999. The Morgan fingerprint density at radius 2 is 1.81 bits per heavy atom. The molecule has 3 rings (SSSR count). The molecule has 0 fully saturated rings. The number of carbonyl (C=O) groups is 1. The third-order valence-electron chi connectivity index (χ3n) is 4.19. The number of carboxylic acid groups (broad SMARTS) is 1. The Labute approximate surface area is 152 Å². The van der Waals surface area contributed by atoms with E-state index in [2.05, 4.69) is 0 Å². The average molecular weight is 372 g/mol. The van der Waals surface area contributed by atoms with Gasteiger partial charge in [0.15, 0.2) is 0 Å². The van der Waals surface area contributed by atoms with Gasteiger partial charge in [-0.05, 0) is 51.7 Å². The lowest BCUT2D eigenvalue weighted by Gasteiger charge is -2.16. The number of hydrogen-bond acceptors (Lipinski definition) is 3. The van der Waals surface area contributed by atoms with E-state index in [1.165, 1.54) is 12.1 Å². The predicted molar refractivity (Wildman–Crippen MR) is 98.1 cm³/mol. The van der Waals surface area contributed by atoms with E-state index in [4.69, 9.17) is 5.11 Å². The normalized spacial score (nSPS) is 13.5.